The van der Waals surface area contributed by atoms with Crippen LogP contribution >= 0.6 is 11.6 Å². The molecule has 0 fully saturated rings. The molecule has 0 radical (unpaired) electrons. The number of nitrogens with one attached hydrogen (secondary N) is 1. The molecule has 0 unspecified atom stereocenters. The van der Waals surface area contributed by atoms with Crippen LogP contribution in [0.25, 0.3) is 0 Å². The van der Waals surface area contributed by atoms with Gasteiger partial charge in [0.15, 0.2) is 0 Å². The van der Waals surface area contributed by atoms with Crippen LogP contribution in [0.2, 0.25) is 5.02 Å². The van der Waals surface area contributed by atoms with Gasteiger partial charge >= 0.3 is 0 Å². The number of hydrogen-bond acceptors (Lipinski definition) is 2. The molecule has 1 aromatic rings. The second-order valence-electron chi connectivity index (χ2n) is 3.10. The van der Waals surface area contributed by atoms with Crippen LogP contribution in [0.4, 0.5) is 0 Å². The van der Waals surface area contributed by atoms with Crippen LogP contribution in [0.3, 0.4) is 0 Å². The number of nitrogens with zero attached hydrogens (tertiary/aromatic N) is 1. The predicted molar refractivity (Wildman–Crippen MR) is 55.4 cm³/mol. The summed E-state index contributed by atoms with van der Waals surface area (Å²) < 4.78 is 0. The second-order valence-corrected chi connectivity index (χ2v) is 3.54. The van der Waals surface area contributed by atoms with Crippen molar-refractivity contribution in [2.24, 2.45) is 5.10 Å². The molecule has 2 rings (SSSR count). The van der Waals surface area contributed by atoms with Gasteiger partial charge in [0.05, 0.1) is 5.71 Å². The summed E-state index contributed by atoms with van der Waals surface area (Å²) >= 11 is 5.85. The first-order valence-corrected chi connectivity index (χ1v) is 4.75. The quantitative estimate of drug-likeness (QED) is 0.753. The van der Waals surface area contributed by atoms with E-state index in [0.717, 1.165) is 11.3 Å². The molecule has 1 N–H and O–H groups in total. The van der Waals surface area contributed by atoms with E-state index in [4.69, 9.17) is 11.6 Å². The summed E-state index contributed by atoms with van der Waals surface area (Å²) in [5.41, 5.74) is 4.31. The summed E-state index contributed by atoms with van der Waals surface area (Å²) in [5, 5.41) is 4.66. The highest BCUT2D eigenvalue weighted by molar-refractivity contribution is 6.31. The van der Waals surface area contributed by atoms with Crippen molar-refractivity contribution in [3.05, 3.63) is 34.9 Å². The molecule has 0 spiro atoms. The van der Waals surface area contributed by atoms with E-state index in [1.807, 2.05) is 24.3 Å². The van der Waals surface area contributed by atoms with Crippen molar-refractivity contribution in [3.63, 3.8) is 0 Å². The van der Waals surface area contributed by atoms with E-state index in [1.165, 1.54) is 0 Å². The molecular weight excluding hydrogens is 200 g/mol. The van der Waals surface area contributed by atoms with Crippen LogP contribution < -0.4 is 5.43 Å². The minimum absolute atomic E-state index is 0.0317. The number of hydrogen-bond donors (Lipinski definition) is 1. The Kier molecular flexibility index (Phi) is 2.50. The van der Waals surface area contributed by atoms with Crippen LogP contribution in [-0.4, -0.2) is 11.6 Å². The van der Waals surface area contributed by atoms with E-state index in [1.54, 1.807) is 0 Å². The third kappa shape index (κ3) is 1.93. The van der Waals surface area contributed by atoms with Crippen LogP contribution in [0.5, 0.6) is 0 Å². The first-order valence-electron chi connectivity index (χ1n) is 4.37. The average Bonchev–Trinajstić information content (AvgIpc) is 2.19. The molecule has 0 bridgehead atoms. The summed E-state index contributed by atoms with van der Waals surface area (Å²) in [4.78, 5) is 10.9. The van der Waals surface area contributed by atoms with Crippen molar-refractivity contribution in [1.29, 1.82) is 0 Å². The molecule has 1 heterocycles. The van der Waals surface area contributed by atoms with Gasteiger partial charge in [-0.25, -0.2) is 5.43 Å². The smallest absolute Gasteiger partial charge is 0.240 e. The maximum atomic E-state index is 10.9. The zero-order valence-corrected chi connectivity index (χ0v) is 8.21. The van der Waals surface area contributed by atoms with Gasteiger partial charge in [0.25, 0.3) is 0 Å². The topological polar surface area (TPSA) is 41.5 Å². The number of carbonyl (C=O) groups is 1. The summed E-state index contributed by atoms with van der Waals surface area (Å²) in [6.07, 6.45) is 1.16. The third-order valence-corrected chi connectivity index (χ3v) is 2.30. The van der Waals surface area contributed by atoms with E-state index in [9.17, 15) is 4.79 Å². The number of hydrazone groups is 1. The Morgan fingerprint density at radius 3 is 2.86 bits per heavy atom. The normalized spacial score (nSPS) is 16.1. The van der Waals surface area contributed by atoms with Crippen LogP contribution in [0.15, 0.2) is 29.4 Å². The lowest BCUT2D eigenvalue weighted by molar-refractivity contribution is -0.121. The molecule has 1 aliphatic rings. The molecule has 1 amide bonds. The minimum Gasteiger partial charge on any atom is -0.273 e. The molecule has 14 heavy (non-hydrogen) atoms. The van der Waals surface area contributed by atoms with Crippen molar-refractivity contribution < 1.29 is 4.79 Å². The van der Waals surface area contributed by atoms with Crippen molar-refractivity contribution >= 4 is 23.2 Å². The Morgan fingerprint density at radius 1 is 1.36 bits per heavy atom. The molecule has 72 valence electrons. The highest BCUT2D eigenvalue weighted by Gasteiger charge is 2.12. The van der Waals surface area contributed by atoms with E-state index in [2.05, 4.69) is 10.5 Å². The van der Waals surface area contributed by atoms with Crippen LogP contribution in [0, 0.1) is 0 Å². The van der Waals surface area contributed by atoms with Gasteiger partial charge in [-0.05, 0) is 17.7 Å². The fraction of sp³-hybridized carbons (Fsp3) is 0.200. The molecule has 0 saturated carbocycles. The number of amides is 1. The lowest BCUT2D eigenvalue weighted by Crippen LogP contribution is -2.25. The number of benzene rings is 1. The first kappa shape index (κ1) is 9.21. The number of carbonyl (C=O) groups excluding carboxylic acids is 1. The fourth-order valence-electron chi connectivity index (χ4n) is 1.35. The Morgan fingerprint density at radius 2 is 2.21 bits per heavy atom. The lowest BCUT2D eigenvalue weighted by Gasteiger charge is -2.11. The van der Waals surface area contributed by atoms with Gasteiger partial charge in [-0.2, -0.15) is 5.10 Å². The van der Waals surface area contributed by atoms with E-state index in [-0.39, 0.29) is 5.91 Å². The lowest BCUT2D eigenvalue weighted by atomic mass is 10.0. The Hall–Kier alpha value is -1.35. The van der Waals surface area contributed by atoms with Crippen molar-refractivity contribution in [2.45, 2.75) is 12.8 Å². The van der Waals surface area contributed by atoms with Gasteiger partial charge in [0, 0.05) is 17.9 Å². The van der Waals surface area contributed by atoms with Gasteiger partial charge in [0.2, 0.25) is 5.91 Å². The molecule has 0 atom stereocenters. The van der Waals surface area contributed by atoms with Gasteiger partial charge in [-0.1, -0.05) is 23.7 Å². The van der Waals surface area contributed by atoms with E-state index < -0.39 is 0 Å². The first-order chi connectivity index (χ1) is 6.75. The molecular formula is C10H9ClN2O. The highest BCUT2D eigenvalue weighted by atomic mass is 35.5. The Labute approximate surface area is 86.8 Å². The summed E-state index contributed by atoms with van der Waals surface area (Å²) in [6, 6.07) is 7.46. The molecule has 0 saturated heterocycles. The fourth-order valence-corrected chi connectivity index (χ4v) is 1.54. The minimum atomic E-state index is -0.0317. The summed E-state index contributed by atoms with van der Waals surface area (Å²) in [6.45, 7) is 0. The van der Waals surface area contributed by atoms with Crippen molar-refractivity contribution in [3.8, 4) is 0 Å². The van der Waals surface area contributed by atoms with Gasteiger partial charge in [-0.15, -0.1) is 0 Å². The zero-order chi connectivity index (χ0) is 9.97. The number of rotatable bonds is 1. The maximum absolute atomic E-state index is 10.9. The molecule has 1 aliphatic heterocycles. The van der Waals surface area contributed by atoms with Crippen LogP contribution in [0.1, 0.15) is 18.4 Å². The largest absolute Gasteiger partial charge is 0.273 e. The van der Waals surface area contributed by atoms with Gasteiger partial charge in [0.1, 0.15) is 0 Å². The van der Waals surface area contributed by atoms with E-state index >= 15 is 0 Å². The summed E-state index contributed by atoms with van der Waals surface area (Å²) in [7, 11) is 0. The van der Waals surface area contributed by atoms with Crippen molar-refractivity contribution in [2.75, 3.05) is 0 Å². The summed E-state index contributed by atoms with van der Waals surface area (Å²) in [5.74, 6) is -0.0317. The third-order valence-electron chi connectivity index (χ3n) is 2.06. The Bertz CT molecular complexity index is 401. The Balaban J connectivity index is 2.27. The average molecular weight is 209 g/mol. The van der Waals surface area contributed by atoms with Crippen molar-refractivity contribution in [1.82, 2.24) is 5.43 Å². The maximum Gasteiger partial charge on any atom is 0.240 e. The van der Waals surface area contributed by atoms with E-state index in [0.29, 0.717) is 17.9 Å². The molecule has 4 heteroatoms. The molecule has 3 nitrogen and oxygen atoms in total. The second kappa shape index (κ2) is 3.80. The standard InChI is InChI=1S/C10H9ClN2O/c11-8-3-1-2-7(6-8)9-4-5-10(14)13-12-9/h1-3,6H,4-5H2,(H,13,14). The molecule has 0 aromatic heterocycles. The number of halogens is 1. The SMILES string of the molecule is O=C1CCC(c2cccc(Cl)c2)=NN1. The molecule has 1 aromatic carbocycles. The monoisotopic (exact) mass is 208 g/mol. The predicted octanol–water partition coefficient (Wildman–Crippen LogP) is 1.95. The molecule has 0 aliphatic carbocycles. The van der Waals surface area contributed by atoms with Crippen LogP contribution in [-0.2, 0) is 4.79 Å². The highest BCUT2D eigenvalue weighted by Crippen LogP contribution is 2.14. The van der Waals surface area contributed by atoms with Gasteiger partial charge < -0.3 is 0 Å². The van der Waals surface area contributed by atoms with Gasteiger partial charge in [-0.3, -0.25) is 4.79 Å². The zero-order valence-electron chi connectivity index (χ0n) is 7.46.